The molecule has 0 aromatic rings. The summed E-state index contributed by atoms with van der Waals surface area (Å²) in [5.74, 6) is -1.64. The third kappa shape index (κ3) is 5.99. The van der Waals surface area contributed by atoms with Crippen molar-refractivity contribution in [3.8, 4) is 0 Å². The standard InChI is InChI=1S/C14H27N3O4/c1-11(2)13(14(20)21)17-8-5-15(3)4-6-16(7-9-17)10-12(18)19/h11,13H,4-10H2,1-3H3,(H,18,19)(H,20,21). The highest BCUT2D eigenvalue weighted by Gasteiger charge is 2.29. The molecule has 1 saturated heterocycles. The molecule has 1 fully saturated rings. The molecule has 7 heteroatoms. The number of rotatable bonds is 5. The Morgan fingerprint density at radius 3 is 2.05 bits per heavy atom. The fourth-order valence-electron chi connectivity index (χ4n) is 2.71. The van der Waals surface area contributed by atoms with E-state index < -0.39 is 18.0 Å². The lowest BCUT2D eigenvalue weighted by atomic mass is 10.0. The van der Waals surface area contributed by atoms with Gasteiger partial charge < -0.3 is 15.1 Å². The Balaban J connectivity index is 2.79. The molecule has 1 aliphatic heterocycles. The van der Waals surface area contributed by atoms with Crippen LogP contribution in [0.5, 0.6) is 0 Å². The minimum atomic E-state index is -0.845. The van der Waals surface area contributed by atoms with E-state index in [2.05, 4.69) is 4.90 Å². The summed E-state index contributed by atoms with van der Waals surface area (Å²) in [6.45, 7) is 7.93. The van der Waals surface area contributed by atoms with Crippen LogP contribution in [0.3, 0.4) is 0 Å². The van der Waals surface area contributed by atoms with E-state index >= 15 is 0 Å². The van der Waals surface area contributed by atoms with Gasteiger partial charge in [0.2, 0.25) is 0 Å². The molecule has 0 amide bonds. The molecule has 1 unspecified atom stereocenters. The average Bonchev–Trinajstić information content (AvgIpc) is 2.43. The number of nitrogens with zero attached hydrogens (tertiary/aromatic N) is 3. The van der Waals surface area contributed by atoms with Gasteiger partial charge in [0, 0.05) is 39.3 Å². The molecule has 0 radical (unpaired) electrons. The summed E-state index contributed by atoms with van der Waals surface area (Å²) < 4.78 is 0. The number of likely N-dealkylation sites (N-methyl/N-ethyl adjacent to an activating group) is 1. The zero-order chi connectivity index (χ0) is 16.0. The predicted molar refractivity (Wildman–Crippen MR) is 79.4 cm³/mol. The van der Waals surface area contributed by atoms with Crippen molar-refractivity contribution in [2.75, 3.05) is 52.9 Å². The highest BCUT2D eigenvalue weighted by molar-refractivity contribution is 5.73. The SMILES string of the molecule is CC(C)C(C(=O)O)N1CCN(C)CCN(CC(=O)O)CC1. The van der Waals surface area contributed by atoms with Gasteiger partial charge in [-0.3, -0.25) is 19.4 Å². The van der Waals surface area contributed by atoms with Crippen LogP contribution in [0.2, 0.25) is 0 Å². The number of carboxylic acid groups (broad SMARTS) is 2. The zero-order valence-corrected chi connectivity index (χ0v) is 13.2. The van der Waals surface area contributed by atoms with Gasteiger partial charge in [-0.15, -0.1) is 0 Å². The fraction of sp³-hybridized carbons (Fsp3) is 0.857. The van der Waals surface area contributed by atoms with Crippen molar-refractivity contribution >= 4 is 11.9 Å². The molecule has 122 valence electrons. The first-order chi connectivity index (χ1) is 9.81. The maximum Gasteiger partial charge on any atom is 0.321 e. The Bertz CT molecular complexity index is 362. The van der Waals surface area contributed by atoms with Gasteiger partial charge in [0.15, 0.2) is 0 Å². The fourth-order valence-corrected chi connectivity index (χ4v) is 2.71. The van der Waals surface area contributed by atoms with Crippen LogP contribution in [0, 0.1) is 5.92 Å². The summed E-state index contributed by atoms with van der Waals surface area (Å²) >= 11 is 0. The van der Waals surface area contributed by atoms with E-state index in [9.17, 15) is 14.7 Å². The van der Waals surface area contributed by atoms with Gasteiger partial charge in [-0.1, -0.05) is 13.8 Å². The second-order valence-electron chi connectivity index (χ2n) is 6.04. The molecule has 21 heavy (non-hydrogen) atoms. The molecule has 0 spiro atoms. The van der Waals surface area contributed by atoms with Crippen LogP contribution < -0.4 is 0 Å². The third-order valence-electron chi connectivity index (χ3n) is 3.91. The van der Waals surface area contributed by atoms with E-state index in [1.54, 1.807) is 0 Å². The van der Waals surface area contributed by atoms with Gasteiger partial charge in [-0.2, -0.15) is 0 Å². The zero-order valence-electron chi connectivity index (χ0n) is 13.2. The van der Waals surface area contributed by atoms with Crippen molar-refractivity contribution in [2.45, 2.75) is 19.9 Å². The van der Waals surface area contributed by atoms with E-state index in [0.29, 0.717) is 26.2 Å². The smallest absolute Gasteiger partial charge is 0.321 e. The first kappa shape index (κ1) is 17.9. The van der Waals surface area contributed by atoms with Gasteiger partial charge in [0.25, 0.3) is 0 Å². The molecule has 0 aromatic heterocycles. The van der Waals surface area contributed by atoms with Crippen LogP contribution in [0.4, 0.5) is 0 Å². The highest BCUT2D eigenvalue weighted by atomic mass is 16.4. The van der Waals surface area contributed by atoms with Crippen molar-refractivity contribution in [2.24, 2.45) is 5.92 Å². The Labute approximate surface area is 126 Å². The summed E-state index contributed by atoms with van der Waals surface area (Å²) in [4.78, 5) is 28.4. The first-order valence-electron chi connectivity index (χ1n) is 7.40. The Kier molecular flexibility index (Phi) is 7.07. The van der Waals surface area contributed by atoms with Crippen LogP contribution in [-0.2, 0) is 9.59 Å². The molecule has 0 saturated carbocycles. The molecule has 1 heterocycles. The van der Waals surface area contributed by atoms with Crippen molar-refractivity contribution in [3.63, 3.8) is 0 Å². The predicted octanol–water partition coefficient (Wildman–Crippen LogP) is -0.270. The minimum absolute atomic E-state index is 0.00109. The van der Waals surface area contributed by atoms with Crippen molar-refractivity contribution in [1.29, 1.82) is 0 Å². The van der Waals surface area contributed by atoms with Crippen LogP contribution in [0.1, 0.15) is 13.8 Å². The molecule has 0 aromatic carbocycles. The molecule has 1 rings (SSSR count). The first-order valence-corrected chi connectivity index (χ1v) is 7.40. The minimum Gasteiger partial charge on any atom is -0.480 e. The number of aliphatic carboxylic acids is 2. The van der Waals surface area contributed by atoms with Crippen LogP contribution in [0.15, 0.2) is 0 Å². The molecule has 2 N–H and O–H groups in total. The van der Waals surface area contributed by atoms with Crippen molar-refractivity contribution in [1.82, 2.24) is 14.7 Å². The van der Waals surface area contributed by atoms with Gasteiger partial charge in [-0.05, 0) is 13.0 Å². The largest absolute Gasteiger partial charge is 0.480 e. The second kappa shape index (κ2) is 8.31. The van der Waals surface area contributed by atoms with Crippen LogP contribution in [0.25, 0.3) is 0 Å². The van der Waals surface area contributed by atoms with Gasteiger partial charge >= 0.3 is 11.9 Å². The quantitative estimate of drug-likeness (QED) is 0.723. The average molecular weight is 301 g/mol. The Morgan fingerprint density at radius 2 is 1.52 bits per heavy atom. The van der Waals surface area contributed by atoms with Gasteiger partial charge in [0.1, 0.15) is 6.04 Å². The van der Waals surface area contributed by atoms with E-state index in [1.165, 1.54) is 0 Å². The molecule has 7 nitrogen and oxygen atoms in total. The van der Waals surface area contributed by atoms with Crippen molar-refractivity contribution < 1.29 is 19.8 Å². The molecule has 0 bridgehead atoms. The number of carbonyl (C=O) groups is 2. The lowest BCUT2D eigenvalue weighted by Gasteiger charge is -2.32. The summed E-state index contributed by atoms with van der Waals surface area (Å²) in [6, 6.07) is -0.525. The summed E-state index contributed by atoms with van der Waals surface area (Å²) in [7, 11) is 1.98. The monoisotopic (exact) mass is 301 g/mol. The molecular formula is C14H27N3O4. The van der Waals surface area contributed by atoms with Crippen molar-refractivity contribution in [3.05, 3.63) is 0 Å². The second-order valence-corrected chi connectivity index (χ2v) is 6.04. The summed E-state index contributed by atoms with van der Waals surface area (Å²) in [5, 5.41) is 18.4. The number of hydrogen-bond acceptors (Lipinski definition) is 5. The molecular weight excluding hydrogens is 274 g/mol. The Morgan fingerprint density at radius 1 is 1.00 bits per heavy atom. The van der Waals surface area contributed by atoms with E-state index in [0.717, 1.165) is 13.1 Å². The summed E-state index contributed by atoms with van der Waals surface area (Å²) in [6.07, 6.45) is 0. The number of carboxylic acids is 2. The molecule has 1 atom stereocenters. The number of hydrogen-bond donors (Lipinski definition) is 2. The third-order valence-corrected chi connectivity index (χ3v) is 3.91. The summed E-state index contributed by atoms with van der Waals surface area (Å²) in [5.41, 5.74) is 0. The maximum atomic E-state index is 11.5. The Hall–Kier alpha value is -1.18. The topological polar surface area (TPSA) is 84.3 Å². The van der Waals surface area contributed by atoms with E-state index in [1.807, 2.05) is 30.7 Å². The lowest BCUT2D eigenvalue weighted by molar-refractivity contribution is -0.145. The van der Waals surface area contributed by atoms with E-state index in [4.69, 9.17) is 5.11 Å². The molecule has 1 aliphatic rings. The highest BCUT2D eigenvalue weighted by Crippen LogP contribution is 2.12. The normalized spacial score (nSPS) is 21.5. The van der Waals surface area contributed by atoms with Crippen LogP contribution in [-0.4, -0.2) is 95.8 Å². The lowest BCUT2D eigenvalue weighted by Crippen LogP contribution is -2.49. The van der Waals surface area contributed by atoms with Gasteiger partial charge in [0.05, 0.1) is 6.54 Å². The maximum absolute atomic E-state index is 11.5. The van der Waals surface area contributed by atoms with Crippen LogP contribution >= 0.6 is 0 Å². The van der Waals surface area contributed by atoms with E-state index in [-0.39, 0.29) is 12.5 Å². The van der Waals surface area contributed by atoms with Gasteiger partial charge in [-0.25, -0.2) is 0 Å². The molecule has 0 aliphatic carbocycles.